The number of benzene rings is 4. The van der Waals surface area contributed by atoms with Gasteiger partial charge in [0.2, 0.25) is 0 Å². The molecule has 1 unspecified atom stereocenters. The van der Waals surface area contributed by atoms with Gasteiger partial charge >= 0.3 is 0 Å². The van der Waals surface area contributed by atoms with Gasteiger partial charge in [0.05, 0.1) is 4.92 Å². The van der Waals surface area contributed by atoms with E-state index in [1.807, 2.05) is 61.5 Å². The second-order valence-corrected chi connectivity index (χ2v) is 10.2. The first kappa shape index (κ1) is 25.4. The highest BCUT2D eigenvalue weighted by atomic mass is 16.6. The molecule has 2 aliphatic rings. The lowest BCUT2D eigenvalue weighted by molar-refractivity contribution is -0.384. The Balaban J connectivity index is 1.69. The van der Waals surface area contributed by atoms with Gasteiger partial charge in [-0.05, 0) is 44.2 Å². The number of hydrogen-bond acceptors (Lipinski definition) is 6. The van der Waals surface area contributed by atoms with E-state index in [1.54, 1.807) is 17.0 Å². The van der Waals surface area contributed by atoms with Crippen LogP contribution in [0.3, 0.4) is 0 Å². The number of nitrogens with zero attached hydrogens (tertiary/aromatic N) is 4. The number of carbonyl (C=O) groups is 1. The maximum Gasteiger partial charge on any atom is 0.269 e. The third kappa shape index (κ3) is 3.56. The largest absolute Gasteiger partial charge is 0.456 e. The van der Waals surface area contributed by atoms with Gasteiger partial charge in [-0.2, -0.15) is 0 Å². The van der Waals surface area contributed by atoms with Crippen LogP contribution in [0.15, 0.2) is 84.9 Å². The first-order chi connectivity index (χ1) is 19.3. The number of ether oxygens (including phenoxy) is 1. The molecule has 6 rings (SSSR count). The second-order valence-electron chi connectivity index (χ2n) is 10.2. The molecule has 0 radical (unpaired) electrons. The van der Waals surface area contributed by atoms with Crippen molar-refractivity contribution in [2.75, 3.05) is 41.9 Å². The minimum atomic E-state index is -1.04. The van der Waals surface area contributed by atoms with E-state index in [2.05, 4.69) is 36.9 Å². The zero-order valence-electron chi connectivity index (χ0n) is 22.9. The van der Waals surface area contributed by atoms with Crippen molar-refractivity contribution < 1.29 is 14.5 Å². The zero-order valence-corrected chi connectivity index (χ0v) is 22.9. The molecule has 0 aliphatic carbocycles. The van der Waals surface area contributed by atoms with Gasteiger partial charge in [-0.1, -0.05) is 30.3 Å². The molecule has 1 amide bonds. The van der Waals surface area contributed by atoms with Crippen LogP contribution in [-0.2, 0) is 5.54 Å². The van der Waals surface area contributed by atoms with E-state index in [4.69, 9.17) is 4.74 Å². The van der Waals surface area contributed by atoms with Gasteiger partial charge in [0.25, 0.3) is 11.6 Å². The number of fused-ring (bicyclic) bond motifs is 6. The summed E-state index contributed by atoms with van der Waals surface area (Å²) in [5.74, 6) is 1.16. The summed E-state index contributed by atoms with van der Waals surface area (Å²) in [4.78, 5) is 31.3. The molecule has 0 fully saturated rings. The molecule has 1 atom stereocenters. The van der Waals surface area contributed by atoms with E-state index in [-0.39, 0.29) is 11.6 Å². The van der Waals surface area contributed by atoms with Crippen LogP contribution in [0.5, 0.6) is 11.5 Å². The number of rotatable bonds is 6. The van der Waals surface area contributed by atoms with Crippen LogP contribution < -0.4 is 19.4 Å². The molecule has 8 nitrogen and oxygen atoms in total. The molecule has 4 aromatic carbocycles. The summed E-state index contributed by atoms with van der Waals surface area (Å²) in [7, 11) is 3.95. The van der Waals surface area contributed by atoms with Crippen LogP contribution in [0, 0.1) is 10.1 Å². The van der Waals surface area contributed by atoms with Gasteiger partial charge in [-0.3, -0.25) is 19.8 Å². The van der Waals surface area contributed by atoms with E-state index in [0.29, 0.717) is 22.7 Å². The molecule has 8 heteroatoms. The smallest absolute Gasteiger partial charge is 0.269 e. The third-order valence-corrected chi connectivity index (χ3v) is 7.98. The topological polar surface area (TPSA) is 79.2 Å². The number of hydrogen-bond donors (Lipinski definition) is 0. The summed E-state index contributed by atoms with van der Waals surface area (Å²) in [5.41, 5.74) is 4.59. The maximum atomic E-state index is 14.3. The van der Waals surface area contributed by atoms with Crippen molar-refractivity contribution >= 4 is 28.7 Å². The van der Waals surface area contributed by atoms with E-state index in [0.717, 1.165) is 41.2 Å². The van der Waals surface area contributed by atoms with Crippen molar-refractivity contribution in [1.82, 2.24) is 0 Å². The minimum Gasteiger partial charge on any atom is -0.456 e. The lowest BCUT2D eigenvalue weighted by Crippen LogP contribution is -2.47. The fourth-order valence-corrected chi connectivity index (χ4v) is 6.06. The molecular weight excluding hydrogens is 504 g/mol. The predicted octanol–water partition coefficient (Wildman–Crippen LogP) is 6.57. The molecule has 40 heavy (non-hydrogen) atoms. The van der Waals surface area contributed by atoms with E-state index in [1.165, 1.54) is 12.1 Å². The monoisotopic (exact) mass is 534 g/mol. The van der Waals surface area contributed by atoms with Gasteiger partial charge in [-0.25, -0.2) is 0 Å². The van der Waals surface area contributed by atoms with E-state index in [9.17, 15) is 14.9 Å². The normalized spacial score (nSPS) is 16.7. The average Bonchev–Trinajstić information content (AvgIpc) is 3.22. The number of amides is 1. The van der Waals surface area contributed by atoms with Crippen molar-refractivity contribution in [3.63, 3.8) is 0 Å². The summed E-state index contributed by atoms with van der Waals surface area (Å²) < 4.78 is 6.64. The third-order valence-electron chi connectivity index (χ3n) is 7.98. The molecule has 0 aromatic heterocycles. The Hall–Kier alpha value is -4.85. The van der Waals surface area contributed by atoms with Crippen LogP contribution in [0.2, 0.25) is 0 Å². The summed E-state index contributed by atoms with van der Waals surface area (Å²) in [6, 6.07) is 26.1. The fraction of sp³-hybridized carbons (Fsp3) is 0.219. The molecule has 2 aliphatic heterocycles. The summed E-state index contributed by atoms with van der Waals surface area (Å²) >= 11 is 0. The quantitative estimate of drug-likeness (QED) is 0.206. The Bertz CT molecular complexity index is 1650. The van der Waals surface area contributed by atoms with Crippen molar-refractivity contribution in [2.45, 2.75) is 19.4 Å². The molecule has 1 spiro atoms. The zero-order chi connectivity index (χ0) is 28.2. The van der Waals surface area contributed by atoms with Crippen LogP contribution >= 0.6 is 0 Å². The van der Waals surface area contributed by atoms with Crippen molar-refractivity contribution in [3.05, 3.63) is 117 Å². The average molecular weight is 535 g/mol. The SMILES string of the molecule is CCN(CC)c1ccc2c(c1)Oc1cc(N(C)C)ccc1C21c2ccccc2C(=O)N1c1ccc([N+](=O)[O-])cc1. The van der Waals surface area contributed by atoms with Crippen LogP contribution in [-0.4, -0.2) is 38.0 Å². The Labute approximate surface area is 233 Å². The Morgan fingerprint density at radius 1 is 0.825 bits per heavy atom. The molecule has 0 saturated heterocycles. The summed E-state index contributed by atoms with van der Waals surface area (Å²) in [5, 5.41) is 11.4. The lowest BCUT2D eigenvalue weighted by Gasteiger charge is -2.44. The van der Waals surface area contributed by atoms with Crippen LogP contribution in [0.4, 0.5) is 22.7 Å². The fourth-order valence-electron chi connectivity index (χ4n) is 6.06. The van der Waals surface area contributed by atoms with Crippen LogP contribution in [0.25, 0.3) is 0 Å². The highest BCUT2D eigenvalue weighted by Gasteiger charge is 2.57. The number of carbonyl (C=O) groups excluding carboxylic acids is 1. The van der Waals surface area contributed by atoms with Gasteiger partial charge in [-0.15, -0.1) is 0 Å². The number of nitro benzene ring substituents is 1. The summed E-state index contributed by atoms with van der Waals surface area (Å²) in [6.45, 7) is 5.93. The Morgan fingerprint density at radius 2 is 1.43 bits per heavy atom. The number of anilines is 3. The Morgan fingerprint density at radius 3 is 2.02 bits per heavy atom. The maximum absolute atomic E-state index is 14.3. The molecule has 202 valence electrons. The first-order valence-corrected chi connectivity index (χ1v) is 13.4. The molecule has 0 bridgehead atoms. The molecule has 0 saturated carbocycles. The molecular formula is C32H30N4O4. The van der Waals surface area contributed by atoms with Crippen LogP contribution in [0.1, 0.15) is 40.9 Å². The number of non-ortho nitro benzene ring substituents is 1. The highest BCUT2D eigenvalue weighted by molar-refractivity contribution is 6.14. The van der Waals surface area contributed by atoms with Crippen molar-refractivity contribution in [2.24, 2.45) is 0 Å². The molecule has 2 heterocycles. The summed E-state index contributed by atoms with van der Waals surface area (Å²) in [6.07, 6.45) is 0. The highest BCUT2D eigenvalue weighted by Crippen LogP contribution is 2.59. The minimum absolute atomic E-state index is 0.0331. The van der Waals surface area contributed by atoms with Gasteiger partial charge in [0, 0.05) is 90.8 Å². The second kappa shape index (κ2) is 9.41. The van der Waals surface area contributed by atoms with Gasteiger partial charge in [0.15, 0.2) is 0 Å². The first-order valence-electron chi connectivity index (χ1n) is 13.4. The standard InChI is InChI=1S/C32H30N4O4/c1-5-34(6-2)24-16-18-28-30(20-24)40-29-19-23(33(3)4)15-17-27(29)32(28)26-10-8-7-9-25(26)31(37)35(32)21-11-13-22(14-12-21)36(38)39/h7-20H,5-6H2,1-4H3. The van der Waals surface area contributed by atoms with E-state index < -0.39 is 10.5 Å². The van der Waals surface area contributed by atoms with E-state index >= 15 is 0 Å². The number of nitro groups is 1. The Kier molecular flexibility index (Phi) is 5.98. The van der Waals surface area contributed by atoms with Gasteiger partial charge in [0.1, 0.15) is 17.0 Å². The van der Waals surface area contributed by atoms with Crippen molar-refractivity contribution in [1.29, 1.82) is 0 Å². The molecule has 4 aromatic rings. The molecule has 0 N–H and O–H groups in total. The lowest BCUT2D eigenvalue weighted by atomic mass is 9.74. The predicted molar refractivity (Wildman–Crippen MR) is 157 cm³/mol. The van der Waals surface area contributed by atoms with Crippen molar-refractivity contribution in [3.8, 4) is 11.5 Å². The van der Waals surface area contributed by atoms with Gasteiger partial charge < -0.3 is 14.5 Å².